The SMILES string of the molecule is C[C@@H](NS(=O)(=O)c1cn(C)c(C(=O)[O-])c1F)C(F)(F)F. The van der Waals surface area contributed by atoms with Crippen LogP contribution in [0.5, 0.6) is 0 Å². The van der Waals surface area contributed by atoms with E-state index in [2.05, 4.69) is 0 Å². The van der Waals surface area contributed by atoms with Gasteiger partial charge in [-0.2, -0.15) is 17.9 Å². The van der Waals surface area contributed by atoms with Gasteiger partial charge in [0.1, 0.15) is 16.6 Å². The van der Waals surface area contributed by atoms with Gasteiger partial charge in [-0.25, -0.2) is 12.8 Å². The van der Waals surface area contributed by atoms with E-state index < -0.39 is 44.6 Å². The minimum absolute atomic E-state index is 0.526. The zero-order chi connectivity index (χ0) is 15.9. The van der Waals surface area contributed by atoms with Crippen LogP contribution in [0.25, 0.3) is 0 Å². The molecule has 1 aromatic heterocycles. The molecule has 0 radical (unpaired) electrons. The van der Waals surface area contributed by atoms with E-state index >= 15 is 0 Å². The van der Waals surface area contributed by atoms with Crippen LogP contribution in [0.3, 0.4) is 0 Å². The summed E-state index contributed by atoms with van der Waals surface area (Å²) in [6.07, 6.45) is -4.32. The number of alkyl halides is 3. The molecule has 0 aliphatic heterocycles. The lowest BCUT2D eigenvalue weighted by molar-refractivity contribution is -0.256. The van der Waals surface area contributed by atoms with Crippen LogP contribution < -0.4 is 9.83 Å². The number of halogens is 4. The molecule has 20 heavy (non-hydrogen) atoms. The number of nitrogens with zero attached hydrogens (tertiary/aromatic N) is 1. The normalized spacial score (nSPS) is 14.3. The Hall–Kier alpha value is -1.62. The molecule has 11 heteroatoms. The fraction of sp³-hybridized carbons (Fsp3) is 0.444. The molecule has 0 aliphatic rings. The molecule has 0 fully saturated rings. The van der Waals surface area contributed by atoms with E-state index in [1.54, 1.807) is 0 Å². The number of sulfonamides is 1. The summed E-state index contributed by atoms with van der Waals surface area (Å²) in [4.78, 5) is 9.40. The summed E-state index contributed by atoms with van der Waals surface area (Å²) in [7, 11) is -3.85. The highest BCUT2D eigenvalue weighted by molar-refractivity contribution is 7.89. The number of hydrogen-bond donors (Lipinski definition) is 1. The number of carbonyl (C=O) groups excluding carboxylic acids is 1. The summed E-state index contributed by atoms with van der Waals surface area (Å²) >= 11 is 0. The lowest BCUT2D eigenvalue weighted by Gasteiger charge is -2.16. The van der Waals surface area contributed by atoms with E-state index in [9.17, 15) is 35.9 Å². The van der Waals surface area contributed by atoms with Gasteiger partial charge in [-0.15, -0.1) is 0 Å². The zero-order valence-electron chi connectivity index (χ0n) is 10.2. The zero-order valence-corrected chi connectivity index (χ0v) is 11.0. The maximum atomic E-state index is 13.6. The molecule has 0 aliphatic carbocycles. The summed E-state index contributed by atoms with van der Waals surface area (Å²) in [5.41, 5.74) is -1.08. The second-order valence-electron chi connectivity index (χ2n) is 3.94. The van der Waals surface area contributed by atoms with Gasteiger partial charge in [0, 0.05) is 13.2 Å². The second-order valence-corrected chi connectivity index (χ2v) is 5.62. The van der Waals surface area contributed by atoms with Crippen molar-refractivity contribution < 1.29 is 35.9 Å². The van der Waals surface area contributed by atoms with E-state index in [1.807, 2.05) is 0 Å². The van der Waals surface area contributed by atoms with Crippen molar-refractivity contribution in [3.8, 4) is 0 Å². The van der Waals surface area contributed by atoms with Crippen LogP contribution in [0.1, 0.15) is 17.4 Å². The number of rotatable bonds is 4. The standard InChI is InChI=1S/C9H10F4N2O4S/c1-4(9(11,12)13)14-20(18,19)5-3-15(2)7(6(5)10)8(16)17/h3-4,14H,1-2H3,(H,16,17)/p-1/t4-/m1/s1. The van der Waals surface area contributed by atoms with Crippen molar-refractivity contribution in [3.63, 3.8) is 0 Å². The first-order chi connectivity index (χ1) is 8.88. The molecule has 0 spiro atoms. The van der Waals surface area contributed by atoms with Crippen molar-refractivity contribution in [2.45, 2.75) is 24.0 Å². The minimum Gasteiger partial charge on any atom is -0.543 e. The lowest BCUT2D eigenvalue weighted by Crippen LogP contribution is -2.43. The van der Waals surface area contributed by atoms with Crippen LogP contribution >= 0.6 is 0 Å². The third kappa shape index (κ3) is 3.10. The number of hydrogen-bond acceptors (Lipinski definition) is 4. The Bertz CT molecular complexity index is 635. The first kappa shape index (κ1) is 16.4. The van der Waals surface area contributed by atoms with Crippen LogP contribution in [-0.4, -0.2) is 31.2 Å². The van der Waals surface area contributed by atoms with E-state index in [1.165, 1.54) is 4.72 Å². The van der Waals surface area contributed by atoms with Gasteiger partial charge in [0.15, 0.2) is 5.82 Å². The Kier molecular flexibility index (Phi) is 4.15. The molecule has 1 rings (SSSR count). The van der Waals surface area contributed by atoms with Gasteiger partial charge in [0.05, 0.1) is 5.97 Å². The van der Waals surface area contributed by atoms with Crippen LogP contribution in [0, 0.1) is 5.82 Å². The van der Waals surface area contributed by atoms with Crippen molar-refractivity contribution in [2.75, 3.05) is 0 Å². The molecule has 6 nitrogen and oxygen atoms in total. The Morgan fingerprint density at radius 1 is 1.45 bits per heavy atom. The monoisotopic (exact) mass is 317 g/mol. The molecule has 0 unspecified atom stereocenters. The minimum atomic E-state index is -4.87. The molecule has 1 atom stereocenters. The van der Waals surface area contributed by atoms with Gasteiger partial charge in [-0.3, -0.25) is 0 Å². The third-order valence-corrected chi connectivity index (χ3v) is 3.92. The van der Waals surface area contributed by atoms with Crippen molar-refractivity contribution in [2.24, 2.45) is 7.05 Å². The highest BCUT2D eigenvalue weighted by Crippen LogP contribution is 2.24. The fourth-order valence-corrected chi connectivity index (χ4v) is 2.71. The maximum Gasteiger partial charge on any atom is 0.404 e. The summed E-state index contributed by atoms with van der Waals surface area (Å²) < 4.78 is 75.5. The molecule has 1 N–H and O–H groups in total. The Labute approximate surface area is 111 Å². The second kappa shape index (κ2) is 5.05. The molecular formula is C9H9F4N2O4S-. The maximum absolute atomic E-state index is 13.6. The Balaban J connectivity index is 3.25. The van der Waals surface area contributed by atoms with Crippen LogP contribution in [0.15, 0.2) is 11.1 Å². The molecular weight excluding hydrogens is 308 g/mol. The van der Waals surface area contributed by atoms with Crippen LogP contribution in [0.2, 0.25) is 0 Å². The van der Waals surface area contributed by atoms with Crippen LogP contribution in [0.4, 0.5) is 17.6 Å². The average Bonchev–Trinajstić information content (AvgIpc) is 2.52. The van der Waals surface area contributed by atoms with E-state index in [0.717, 1.165) is 7.05 Å². The predicted octanol–water partition coefficient (Wildman–Crippen LogP) is -0.243. The number of carbonyl (C=O) groups is 1. The lowest BCUT2D eigenvalue weighted by atomic mass is 10.4. The number of aromatic carboxylic acids is 1. The fourth-order valence-electron chi connectivity index (χ4n) is 1.35. The molecule has 0 bridgehead atoms. The van der Waals surface area contributed by atoms with Crippen molar-refractivity contribution >= 4 is 16.0 Å². The van der Waals surface area contributed by atoms with Crippen molar-refractivity contribution in [1.82, 2.24) is 9.29 Å². The summed E-state index contributed by atoms with van der Waals surface area (Å²) in [6, 6.07) is -2.46. The van der Waals surface area contributed by atoms with E-state index in [4.69, 9.17) is 0 Å². The summed E-state index contributed by atoms with van der Waals surface area (Å²) in [6.45, 7) is 0.526. The van der Waals surface area contributed by atoms with Gasteiger partial charge in [-0.1, -0.05) is 0 Å². The van der Waals surface area contributed by atoms with Crippen molar-refractivity contribution in [1.29, 1.82) is 0 Å². The number of carboxylic acid groups (broad SMARTS) is 1. The first-order valence-corrected chi connectivity index (χ1v) is 6.51. The number of nitrogens with one attached hydrogen (secondary N) is 1. The summed E-state index contributed by atoms with van der Waals surface area (Å²) in [5.74, 6) is -3.68. The first-order valence-electron chi connectivity index (χ1n) is 5.03. The van der Waals surface area contributed by atoms with Gasteiger partial charge >= 0.3 is 6.18 Å². The Morgan fingerprint density at radius 3 is 2.30 bits per heavy atom. The molecule has 114 valence electrons. The summed E-state index contributed by atoms with van der Waals surface area (Å²) in [5, 5.41) is 10.6. The highest BCUT2D eigenvalue weighted by Gasteiger charge is 2.40. The molecule has 1 aromatic rings. The van der Waals surface area contributed by atoms with E-state index in [0.29, 0.717) is 17.7 Å². The highest BCUT2D eigenvalue weighted by atomic mass is 32.2. The van der Waals surface area contributed by atoms with Gasteiger partial charge in [0.25, 0.3) is 0 Å². The molecule has 0 aromatic carbocycles. The Morgan fingerprint density at radius 2 is 1.95 bits per heavy atom. The number of aromatic nitrogens is 1. The molecule has 0 saturated carbocycles. The molecule has 0 saturated heterocycles. The number of aryl methyl sites for hydroxylation is 1. The average molecular weight is 317 g/mol. The van der Waals surface area contributed by atoms with E-state index in [-0.39, 0.29) is 0 Å². The smallest absolute Gasteiger partial charge is 0.404 e. The van der Waals surface area contributed by atoms with Crippen molar-refractivity contribution in [3.05, 3.63) is 17.7 Å². The van der Waals surface area contributed by atoms with Gasteiger partial charge < -0.3 is 14.5 Å². The van der Waals surface area contributed by atoms with Gasteiger partial charge in [0.2, 0.25) is 10.0 Å². The molecule has 1 heterocycles. The third-order valence-electron chi connectivity index (χ3n) is 2.39. The quantitative estimate of drug-likeness (QED) is 0.776. The largest absolute Gasteiger partial charge is 0.543 e. The van der Waals surface area contributed by atoms with Gasteiger partial charge in [-0.05, 0) is 6.92 Å². The predicted molar refractivity (Wildman–Crippen MR) is 55.5 cm³/mol. The topological polar surface area (TPSA) is 91.2 Å². The van der Waals surface area contributed by atoms with Crippen LogP contribution in [-0.2, 0) is 17.1 Å². The molecule has 0 amide bonds. The number of carboxylic acids is 1.